The number of benzene rings is 2. The van der Waals surface area contributed by atoms with E-state index in [1.165, 1.54) is 17.3 Å². The molecule has 14 nitrogen and oxygen atoms in total. The van der Waals surface area contributed by atoms with Crippen molar-refractivity contribution in [1.82, 2.24) is 39.4 Å². The lowest BCUT2D eigenvalue weighted by molar-refractivity contribution is -0.134. The predicted octanol–water partition coefficient (Wildman–Crippen LogP) is 5.10. The normalized spacial score (nSPS) is 22.2. The molecule has 3 aliphatic rings. The highest BCUT2D eigenvalue weighted by molar-refractivity contribution is 7.88. The van der Waals surface area contributed by atoms with E-state index in [9.17, 15) is 18.0 Å². The summed E-state index contributed by atoms with van der Waals surface area (Å²) in [7, 11) is -3.25. The number of aromatic nitrogens is 6. The number of piperidine rings is 2. The van der Waals surface area contributed by atoms with E-state index >= 15 is 0 Å². The second kappa shape index (κ2) is 14.0. The summed E-state index contributed by atoms with van der Waals surface area (Å²) in [6.07, 6.45) is 11.3. The molecular formula is C34H38ClN9O5S. The molecule has 3 fully saturated rings. The molecule has 1 saturated carbocycles. The van der Waals surface area contributed by atoms with Crippen LogP contribution < -0.4 is 5.32 Å². The first-order chi connectivity index (χ1) is 24.0. The number of H-pyrrole nitrogens is 1. The Kier molecular flexibility index (Phi) is 9.46. The van der Waals surface area contributed by atoms with Gasteiger partial charge in [0.1, 0.15) is 12.2 Å². The number of halogens is 1. The van der Waals surface area contributed by atoms with E-state index in [-0.39, 0.29) is 23.8 Å². The summed E-state index contributed by atoms with van der Waals surface area (Å²) in [5, 5.41) is 23.4. The molecule has 0 spiro atoms. The zero-order valence-electron chi connectivity index (χ0n) is 27.4. The molecule has 2 aromatic carbocycles. The summed E-state index contributed by atoms with van der Waals surface area (Å²) in [6.45, 7) is 1.49. The van der Waals surface area contributed by atoms with E-state index in [1.807, 2.05) is 17.0 Å². The highest BCUT2D eigenvalue weighted by atomic mass is 35.5. The third-order valence-corrected chi connectivity index (χ3v) is 11.7. The summed E-state index contributed by atoms with van der Waals surface area (Å²) >= 11 is 6.36. The molecule has 3 atom stereocenters. The molecule has 3 N–H and O–H groups in total. The molecule has 262 valence electrons. The van der Waals surface area contributed by atoms with E-state index in [0.29, 0.717) is 59.3 Å². The number of rotatable bonds is 9. The fraction of sp³-hybridized carbons (Fsp3) is 0.412. The largest absolute Gasteiger partial charge is 0.465 e. The van der Waals surface area contributed by atoms with Crippen LogP contribution in [0.5, 0.6) is 0 Å². The number of nitrogens with zero attached hydrogens (tertiary/aromatic N) is 7. The van der Waals surface area contributed by atoms with E-state index in [4.69, 9.17) is 21.7 Å². The summed E-state index contributed by atoms with van der Waals surface area (Å²) in [5.74, 6) is 1.66. The number of aromatic amines is 1. The lowest BCUT2D eigenvalue weighted by atomic mass is 9.72. The van der Waals surface area contributed by atoms with Gasteiger partial charge in [-0.3, -0.25) is 10.1 Å². The van der Waals surface area contributed by atoms with Crippen molar-refractivity contribution in [2.75, 3.05) is 31.2 Å². The van der Waals surface area contributed by atoms with Gasteiger partial charge in [0.2, 0.25) is 15.9 Å². The first-order valence-electron chi connectivity index (χ1n) is 16.7. The Labute approximate surface area is 294 Å². The number of carbonyl (C=O) groups is 2. The summed E-state index contributed by atoms with van der Waals surface area (Å²) in [4.78, 5) is 35.8. The third kappa shape index (κ3) is 7.44. The molecular weight excluding hydrogens is 682 g/mol. The van der Waals surface area contributed by atoms with Crippen molar-refractivity contribution < 1.29 is 23.1 Å². The fourth-order valence-corrected chi connectivity index (χ4v) is 8.66. The number of anilines is 1. The van der Waals surface area contributed by atoms with E-state index in [1.54, 1.807) is 53.0 Å². The van der Waals surface area contributed by atoms with Gasteiger partial charge >= 0.3 is 6.09 Å². The quantitative estimate of drug-likeness (QED) is 0.199. The predicted molar refractivity (Wildman–Crippen MR) is 187 cm³/mol. The third-order valence-electron chi connectivity index (χ3n) is 10.2. The fourth-order valence-electron chi connectivity index (χ4n) is 7.61. The molecule has 4 aromatic rings. The molecule has 16 heteroatoms. The number of carboxylic acid groups (broad SMARTS) is 1. The van der Waals surface area contributed by atoms with Gasteiger partial charge in [-0.1, -0.05) is 23.7 Å². The lowest BCUT2D eigenvalue weighted by Gasteiger charge is -2.47. The minimum atomic E-state index is -3.25. The van der Waals surface area contributed by atoms with E-state index in [0.717, 1.165) is 43.4 Å². The minimum Gasteiger partial charge on any atom is -0.465 e. The number of nitrogens with one attached hydrogen (secondary N) is 2. The Balaban J connectivity index is 1.20. The van der Waals surface area contributed by atoms with Gasteiger partial charge in [0, 0.05) is 42.0 Å². The van der Waals surface area contributed by atoms with Crippen molar-refractivity contribution in [1.29, 1.82) is 0 Å². The van der Waals surface area contributed by atoms with Crippen molar-refractivity contribution in [3.63, 3.8) is 0 Å². The Morgan fingerprint density at radius 1 is 1.04 bits per heavy atom. The summed E-state index contributed by atoms with van der Waals surface area (Å²) < 4.78 is 27.6. The first kappa shape index (κ1) is 33.9. The molecule has 0 bridgehead atoms. The lowest BCUT2D eigenvalue weighted by Crippen LogP contribution is -2.50. The van der Waals surface area contributed by atoms with Crippen LogP contribution in [0.1, 0.15) is 49.5 Å². The molecule has 0 unspecified atom stereocenters. The summed E-state index contributed by atoms with van der Waals surface area (Å²) in [5.41, 5.74) is 3.41. The van der Waals surface area contributed by atoms with Crippen molar-refractivity contribution >= 4 is 45.4 Å². The van der Waals surface area contributed by atoms with Gasteiger partial charge in [0.05, 0.1) is 29.9 Å². The molecule has 1 aliphatic carbocycles. The summed E-state index contributed by atoms with van der Waals surface area (Å²) in [6, 6.07) is 12.0. The van der Waals surface area contributed by atoms with Crippen molar-refractivity contribution in [2.24, 2.45) is 23.7 Å². The van der Waals surface area contributed by atoms with Crippen molar-refractivity contribution in [2.45, 2.75) is 38.1 Å². The standard InChI is InChI=1S/C34H38ClN9O5S/c1-50(48,49)42-14-12-21(13-15-42)25-17-28(22-2-3-22)32(33-36-18-29(39-33)23-4-8-27(9-5-23)38-34(46)47)43(19-25)31(45)11-6-24-16-26(35)7-10-30(24)44-20-37-40-41-44/h4-11,16,18,20-22,25,28,32,38H,2-3,12-15,17,19H2,1H3,(H,36,39)(H,46,47)/t25-,28-,32-/m0/s1. The first-order valence-corrected chi connectivity index (χ1v) is 18.9. The molecule has 50 heavy (non-hydrogen) atoms. The molecule has 7 rings (SSSR count). The number of imidazole rings is 1. The van der Waals surface area contributed by atoms with Gasteiger partial charge in [0.25, 0.3) is 0 Å². The molecule has 2 saturated heterocycles. The Morgan fingerprint density at radius 2 is 1.80 bits per heavy atom. The topological polar surface area (TPSA) is 179 Å². The van der Waals surface area contributed by atoms with Gasteiger partial charge in [-0.15, -0.1) is 5.10 Å². The molecule has 2 aromatic heterocycles. The van der Waals surface area contributed by atoms with Gasteiger partial charge in [0.15, 0.2) is 0 Å². The number of likely N-dealkylation sites (tertiary alicyclic amines) is 1. The Hall–Kier alpha value is -4.60. The van der Waals surface area contributed by atoms with Gasteiger partial charge in [-0.05, 0) is 108 Å². The Morgan fingerprint density at radius 3 is 2.46 bits per heavy atom. The number of amides is 2. The van der Waals surface area contributed by atoms with Crippen molar-refractivity contribution in [3.05, 3.63) is 77.5 Å². The van der Waals surface area contributed by atoms with Gasteiger partial charge < -0.3 is 15.0 Å². The van der Waals surface area contributed by atoms with Gasteiger partial charge in [-0.2, -0.15) is 4.68 Å². The van der Waals surface area contributed by atoms with Crippen molar-refractivity contribution in [3.8, 4) is 16.9 Å². The average molecular weight is 720 g/mol. The molecule has 4 heterocycles. The van der Waals surface area contributed by atoms with Crippen LogP contribution in [0.25, 0.3) is 23.0 Å². The zero-order valence-corrected chi connectivity index (χ0v) is 29.0. The van der Waals surface area contributed by atoms with Crippen LogP contribution in [-0.4, -0.2) is 90.8 Å². The van der Waals surface area contributed by atoms with Crippen LogP contribution in [0.2, 0.25) is 5.02 Å². The second-order valence-corrected chi connectivity index (χ2v) is 15.8. The Bertz CT molecular complexity index is 1990. The minimum absolute atomic E-state index is 0.163. The van der Waals surface area contributed by atoms with Crippen LogP contribution in [-0.2, 0) is 14.8 Å². The maximum Gasteiger partial charge on any atom is 0.409 e. The van der Waals surface area contributed by atoms with Crippen LogP contribution in [0.15, 0.2) is 61.1 Å². The van der Waals surface area contributed by atoms with E-state index in [2.05, 4.69) is 25.8 Å². The highest BCUT2D eigenvalue weighted by Crippen LogP contribution is 2.52. The van der Waals surface area contributed by atoms with E-state index < -0.39 is 16.1 Å². The van der Waals surface area contributed by atoms with Crippen LogP contribution in [0, 0.1) is 23.7 Å². The second-order valence-electron chi connectivity index (χ2n) is 13.4. The maximum atomic E-state index is 14.4. The van der Waals surface area contributed by atoms with Crippen LogP contribution in [0.3, 0.4) is 0 Å². The number of carbonyl (C=O) groups excluding carboxylic acids is 1. The smallest absolute Gasteiger partial charge is 0.409 e. The molecule has 2 amide bonds. The zero-order chi connectivity index (χ0) is 35.0. The number of tetrazole rings is 1. The average Bonchev–Trinajstić information content (AvgIpc) is 3.57. The molecule has 0 radical (unpaired) electrons. The monoisotopic (exact) mass is 719 g/mol. The SMILES string of the molecule is CS(=O)(=O)N1CCC([C@H]2C[C@@H](C3CC3)[C@@H](c3ncc(-c4ccc(NC(=O)O)cc4)[nH]3)N(C(=O)C=Cc3cc(Cl)ccc3-n3cnnn3)C2)CC1. The highest BCUT2D eigenvalue weighted by Gasteiger charge is 2.48. The number of hydrogen-bond donors (Lipinski definition) is 3. The van der Waals surface area contributed by atoms with Crippen LogP contribution in [0.4, 0.5) is 10.5 Å². The maximum absolute atomic E-state index is 14.4. The van der Waals surface area contributed by atoms with Crippen LogP contribution >= 0.6 is 11.6 Å². The molecule has 2 aliphatic heterocycles. The number of hydrogen-bond acceptors (Lipinski definition) is 8. The van der Waals surface area contributed by atoms with Gasteiger partial charge in [-0.25, -0.2) is 22.5 Å². The number of sulfonamides is 1.